The van der Waals surface area contributed by atoms with Crippen molar-refractivity contribution < 1.29 is 0 Å². The van der Waals surface area contributed by atoms with Crippen LogP contribution in [0.3, 0.4) is 0 Å². The highest BCUT2D eigenvalue weighted by Gasteiger charge is 2.22. The molecule has 4 nitrogen and oxygen atoms in total. The molecule has 1 saturated heterocycles. The largest absolute Gasteiger partial charge is 0.314 e. The molecule has 1 aliphatic rings. The number of aromatic nitrogens is 2. The van der Waals surface area contributed by atoms with E-state index in [0.717, 1.165) is 32.5 Å². The lowest BCUT2D eigenvalue weighted by Crippen LogP contribution is -2.55. The molecule has 0 atom stereocenters. The van der Waals surface area contributed by atoms with Crippen LogP contribution in [0.15, 0.2) is 12.3 Å². The normalized spacial score (nSPS) is 16.8. The maximum atomic E-state index is 4.69. The van der Waals surface area contributed by atoms with Gasteiger partial charge in [0, 0.05) is 31.9 Å². The Labute approximate surface area is 104 Å². The van der Waals surface area contributed by atoms with Crippen molar-refractivity contribution in [2.24, 2.45) is 0 Å². The minimum absolute atomic E-state index is 0.555. The fourth-order valence-corrected chi connectivity index (χ4v) is 2.30. The summed E-state index contributed by atoms with van der Waals surface area (Å²) in [4.78, 5) is 2.38. The van der Waals surface area contributed by atoms with Gasteiger partial charge < -0.3 is 5.32 Å². The standard InChI is InChI=1S/C13H24N4/c1-4-12(5-2)17-7-6-11(15-17)10-16(3)13-8-14-9-13/h6-7,12-14H,4-5,8-10H2,1-3H3. The van der Waals surface area contributed by atoms with Crippen LogP contribution in [-0.4, -0.2) is 40.9 Å². The van der Waals surface area contributed by atoms with Crippen molar-refractivity contribution in [3.63, 3.8) is 0 Å². The molecule has 1 aromatic heterocycles. The zero-order chi connectivity index (χ0) is 12.3. The fraction of sp³-hybridized carbons (Fsp3) is 0.769. The molecular formula is C13H24N4. The van der Waals surface area contributed by atoms with E-state index in [4.69, 9.17) is 0 Å². The third kappa shape index (κ3) is 2.87. The molecule has 2 heterocycles. The lowest BCUT2D eigenvalue weighted by molar-refractivity contribution is 0.170. The van der Waals surface area contributed by atoms with Crippen LogP contribution in [0.1, 0.15) is 38.4 Å². The Morgan fingerprint density at radius 2 is 2.18 bits per heavy atom. The molecule has 17 heavy (non-hydrogen) atoms. The van der Waals surface area contributed by atoms with Crippen LogP contribution in [-0.2, 0) is 6.54 Å². The molecule has 0 bridgehead atoms. The van der Waals surface area contributed by atoms with Crippen molar-refractivity contribution in [3.8, 4) is 0 Å². The molecule has 0 aliphatic carbocycles. The molecule has 0 radical (unpaired) electrons. The molecular weight excluding hydrogens is 212 g/mol. The summed E-state index contributed by atoms with van der Waals surface area (Å²) in [6, 6.07) is 3.40. The molecule has 0 aromatic carbocycles. The van der Waals surface area contributed by atoms with Gasteiger partial charge in [-0.15, -0.1) is 0 Å². The first kappa shape index (κ1) is 12.6. The minimum Gasteiger partial charge on any atom is -0.314 e. The van der Waals surface area contributed by atoms with E-state index in [0.29, 0.717) is 12.1 Å². The van der Waals surface area contributed by atoms with E-state index < -0.39 is 0 Å². The van der Waals surface area contributed by atoms with E-state index in [1.807, 2.05) is 0 Å². The molecule has 1 aliphatic heterocycles. The Hall–Kier alpha value is -0.870. The van der Waals surface area contributed by atoms with Gasteiger partial charge in [0.2, 0.25) is 0 Å². The van der Waals surface area contributed by atoms with Crippen molar-refractivity contribution in [1.29, 1.82) is 0 Å². The second-order valence-corrected chi connectivity index (χ2v) is 4.98. The number of hydrogen-bond donors (Lipinski definition) is 1. The van der Waals surface area contributed by atoms with Gasteiger partial charge in [-0.1, -0.05) is 13.8 Å². The molecule has 1 N–H and O–H groups in total. The van der Waals surface area contributed by atoms with Gasteiger partial charge >= 0.3 is 0 Å². The van der Waals surface area contributed by atoms with Crippen LogP contribution in [0.25, 0.3) is 0 Å². The average molecular weight is 236 g/mol. The molecule has 0 spiro atoms. The van der Waals surface area contributed by atoms with Crippen LogP contribution in [0.2, 0.25) is 0 Å². The highest BCUT2D eigenvalue weighted by molar-refractivity contribution is 5.00. The van der Waals surface area contributed by atoms with Crippen molar-refractivity contribution >= 4 is 0 Å². The topological polar surface area (TPSA) is 33.1 Å². The van der Waals surface area contributed by atoms with Gasteiger partial charge in [0.05, 0.1) is 11.7 Å². The average Bonchev–Trinajstić information content (AvgIpc) is 2.65. The fourth-order valence-electron chi connectivity index (χ4n) is 2.30. The maximum Gasteiger partial charge on any atom is 0.0764 e. The number of hydrogen-bond acceptors (Lipinski definition) is 3. The van der Waals surface area contributed by atoms with Crippen LogP contribution in [0.5, 0.6) is 0 Å². The summed E-state index contributed by atoms with van der Waals surface area (Å²) in [6.07, 6.45) is 4.43. The van der Waals surface area contributed by atoms with E-state index in [1.54, 1.807) is 0 Å². The van der Waals surface area contributed by atoms with Crippen molar-refractivity contribution in [1.82, 2.24) is 20.0 Å². The SMILES string of the molecule is CCC(CC)n1ccc(CN(C)C2CNC2)n1. The first-order valence-electron chi connectivity index (χ1n) is 6.69. The predicted molar refractivity (Wildman–Crippen MR) is 70.0 cm³/mol. The first-order valence-corrected chi connectivity index (χ1v) is 6.69. The zero-order valence-corrected chi connectivity index (χ0v) is 11.2. The quantitative estimate of drug-likeness (QED) is 0.815. The van der Waals surface area contributed by atoms with Gasteiger partial charge in [-0.05, 0) is 26.0 Å². The second kappa shape index (κ2) is 5.65. The second-order valence-electron chi connectivity index (χ2n) is 4.98. The van der Waals surface area contributed by atoms with Gasteiger partial charge in [0.15, 0.2) is 0 Å². The van der Waals surface area contributed by atoms with E-state index in [1.165, 1.54) is 5.69 Å². The Bertz CT molecular complexity index is 339. The van der Waals surface area contributed by atoms with E-state index in [-0.39, 0.29) is 0 Å². The molecule has 2 rings (SSSR count). The zero-order valence-electron chi connectivity index (χ0n) is 11.2. The molecule has 1 aromatic rings. The third-order valence-electron chi connectivity index (χ3n) is 3.77. The molecule has 1 fully saturated rings. The summed E-state index contributed by atoms with van der Waals surface area (Å²) >= 11 is 0. The lowest BCUT2D eigenvalue weighted by Gasteiger charge is -2.35. The van der Waals surface area contributed by atoms with Gasteiger partial charge in [-0.2, -0.15) is 5.10 Å². The van der Waals surface area contributed by atoms with E-state index in [9.17, 15) is 0 Å². The van der Waals surface area contributed by atoms with Crippen molar-refractivity contribution in [2.45, 2.75) is 45.3 Å². The van der Waals surface area contributed by atoms with Crippen molar-refractivity contribution in [3.05, 3.63) is 18.0 Å². The molecule has 0 amide bonds. The van der Waals surface area contributed by atoms with Crippen LogP contribution in [0.4, 0.5) is 0 Å². The molecule has 96 valence electrons. The summed E-state index contributed by atoms with van der Waals surface area (Å²) < 4.78 is 2.13. The maximum absolute atomic E-state index is 4.69. The van der Waals surface area contributed by atoms with Crippen LogP contribution < -0.4 is 5.32 Å². The van der Waals surface area contributed by atoms with Crippen LogP contribution >= 0.6 is 0 Å². The smallest absolute Gasteiger partial charge is 0.0764 e. The summed E-state index contributed by atoms with van der Waals surface area (Å²) in [5.74, 6) is 0. The highest BCUT2D eigenvalue weighted by Crippen LogP contribution is 2.15. The Morgan fingerprint density at radius 3 is 2.71 bits per heavy atom. The molecule has 0 unspecified atom stereocenters. The van der Waals surface area contributed by atoms with Crippen molar-refractivity contribution in [2.75, 3.05) is 20.1 Å². The Balaban J connectivity index is 1.92. The minimum atomic E-state index is 0.555. The van der Waals surface area contributed by atoms with Crippen LogP contribution in [0, 0.1) is 0 Å². The van der Waals surface area contributed by atoms with Gasteiger partial charge in [0.25, 0.3) is 0 Å². The lowest BCUT2D eigenvalue weighted by atomic mass is 10.1. The summed E-state index contributed by atoms with van der Waals surface area (Å²) in [6.45, 7) is 7.64. The highest BCUT2D eigenvalue weighted by atomic mass is 15.3. The Kier molecular flexibility index (Phi) is 4.18. The molecule has 4 heteroatoms. The third-order valence-corrected chi connectivity index (χ3v) is 3.77. The Morgan fingerprint density at radius 1 is 1.47 bits per heavy atom. The number of nitrogens with zero attached hydrogens (tertiary/aromatic N) is 3. The monoisotopic (exact) mass is 236 g/mol. The summed E-state index contributed by atoms with van der Waals surface area (Å²) in [7, 11) is 2.18. The van der Waals surface area contributed by atoms with E-state index >= 15 is 0 Å². The first-order chi connectivity index (χ1) is 8.24. The van der Waals surface area contributed by atoms with Gasteiger partial charge in [-0.3, -0.25) is 9.58 Å². The number of nitrogens with one attached hydrogen (secondary N) is 1. The predicted octanol–water partition coefficient (Wildman–Crippen LogP) is 1.65. The summed E-state index contributed by atoms with van der Waals surface area (Å²) in [5.41, 5.74) is 1.19. The molecule has 0 saturated carbocycles. The van der Waals surface area contributed by atoms with Gasteiger partial charge in [0.1, 0.15) is 0 Å². The summed E-state index contributed by atoms with van der Waals surface area (Å²) in [5, 5.41) is 7.99. The van der Waals surface area contributed by atoms with E-state index in [2.05, 4.69) is 53.2 Å². The number of rotatable bonds is 6. The number of likely N-dealkylation sites (N-methyl/N-ethyl adjacent to an activating group) is 1. The van der Waals surface area contributed by atoms with Gasteiger partial charge in [-0.25, -0.2) is 0 Å².